The number of hydrogen-bond donors (Lipinski definition) is 1. The van der Waals surface area contributed by atoms with E-state index in [2.05, 4.69) is 15.1 Å². The number of halogens is 1. The lowest BCUT2D eigenvalue weighted by Gasteiger charge is -2.38. The van der Waals surface area contributed by atoms with E-state index in [9.17, 15) is 14.9 Å². The van der Waals surface area contributed by atoms with Gasteiger partial charge in [0.1, 0.15) is 5.75 Å². The lowest BCUT2D eigenvalue weighted by Crippen LogP contribution is -2.52. The summed E-state index contributed by atoms with van der Waals surface area (Å²) in [5.41, 5.74) is 1.56. The van der Waals surface area contributed by atoms with Crippen molar-refractivity contribution in [3.05, 3.63) is 57.6 Å². The van der Waals surface area contributed by atoms with Gasteiger partial charge in [0.15, 0.2) is 0 Å². The molecule has 8 nitrogen and oxygen atoms in total. The van der Waals surface area contributed by atoms with Gasteiger partial charge in [-0.2, -0.15) is 0 Å². The average molecular weight is 419 g/mol. The van der Waals surface area contributed by atoms with Gasteiger partial charge < -0.3 is 15.0 Å². The number of methoxy groups -OCH3 is 1. The van der Waals surface area contributed by atoms with E-state index in [1.165, 1.54) is 12.1 Å². The van der Waals surface area contributed by atoms with Crippen LogP contribution in [0.5, 0.6) is 5.75 Å². The first kappa shape index (κ1) is 20.9. The van der Waals surface area contributed by atoms with E-state index in [0.717, 1.165) is 18.8 Å². The first-order chi connectivity index (χ1) is 13.9. The molecule has 1 atom stereocenters. The molecule has 0 radical (unpaired) electrons. The molecule has 0 spiro atoms. The van der Waals surface area contributed by atoms with E-state index in [0.29, 0.717) is 29.5 Å². The summed E-state index contributed by atoms with van der Waals surface area (Å²) >= 11 is 6.03. The Labute approximate surface area is 174 Å². The number of nitro groups is 1. The maximum absolute atomic E-state index is 12.7. The zero-order valence-electron chi connectivity index (χ0n) is 16.3. The Hall–Kier alpha value is -2.84. The molecule has 0 aliphatic carbocycles. The number of carbonyl (C=O) groups is 1. The molecule has 2 aromatic carbocycles. The second-order valence-electron chi connectivity index (χ2n) is 6.81. The van der Waals surface area contributed by atoms with Crippen LogP contribution in [0.15, 0.2) is 42.5 Å². The SMILES string of the molecule is COc1ccc(Cl)cc1NC(=O)[C@H](C)N1CCN(c2ccc([N+](=O)[O-])cc2)CC1. The number of nitro benzene ring substituents is 1. The molecular weight excluding hydrogens is 396 g/mol. The van der Waals surface area contributed by atoms with Crippen molar-refractivity contribution in [2.75, 3.05) is 43.5 Å². The summed E-state index contributed by atoms with van der Waals surface area (Å²) in [6.07, 6.45) is 0. The molecule has 2 aromatic rings. The van der Waals surface area contributed by atoms with Gasteiger partial charge in [0.05, 0.1) is 23.8 Å². The minimum absolute atomic E-state index is 0.0779. The third-order valence-electron chi connectivity index (χ3n) is 5.09. The topological polar surface area (TPSA) is 88.0 Å². The zero-order valence-corrected chi connectivity index (χ0v) is 17.1. The van der Waals surface area contributed by atoms with Crippen LogP contribution in [-0.2, 0) is 4.79 Å². The van der Waals surface area contributed by atoms with Crippen molar-refractivity contribution in [1.82, 2.24) is 4.90 Å². The van der Waals surface area contributed by atoms with Crippen molar-refractivity contribution in [1.29, 1.82) is 0 Å². The van der Waals surface area contributed by atoms with E-state index in [1.54, 1.807) is 37.4 Å². The maximum Gasteiger partial charge on any atom is 0.269 e. The molecule has 1 aliphatic heterocycles. The van der Waals surface area contributed by atoms with Crippen molar-refractivity contribution in [2.45, 2.75) is 13.0 Å². The number of rotatable bonds is 6. The fourth-order valence-corrected chi connectivity index (χ4v) is 3.51. The lowest BCUT2D eigenvalue weighted by atomic mass is 10.2. The summed E-state index contributed by atoms with van der Waals surface area (Å²) in [6, 6.07) is 11.3. The predicted molar refractivity (Wildman–Crippen MR) is 113 cm³/mol. The smallest absolute Gasteiger partial charge is 0.269 e. The number of nitrogens with zero attached hydrogens (tertiary/aromatic N) is 3. The van der Waals surface area contributed by atoms with Crippen molar-refractivity contribution in [2.24, 2.45) is 0 Å². The Kier molecular flexibility index (Phi) is 6.56. The summed E-state index contributed by atoms with van der Waals surface area (Å²) in [5.74, 6) is 0.423. The molecule has 1 saturated heterocycles. The van der Waals surface area contributed by atoms with Gasteiger partial charge in [-0.1, -0.05) is 11.6 Å². The first-order valence-electron chi connectivity index (χ1n) is 9.27. The van der Waals surface area contributed by atoms with Crippen LogP contribution < -0.4 is 15.0 Å². The number of benzene rings is 2. The van der Waals surface area contributed by atoms with Gasteiger partial charge in [-0.15, -0.1) is 0 Å². The van der Waals surface area contributed by atoms with Gasteiger partial charge in [-0.05, 0) is 37.3 Å². The van der Waals surface area contributed by atoms with Crippen LogP contribution in [0, 0.1) is 10.1 Å². The third-order valence-corrected chi connectivity index (χ3v) is 5.32. The molecule has 1 fully saturated rings. The van der Waals surface area contributed by atoms with E-state index in [4.69, 9.17) is 16.3 Å². The number of amides is 1. The first-order valence-corrected chi connectivity index (χ1v) is 9.64. The number of anilines is 2. The molecule has 0 bridgehead atoms. The molecular formula is C20H23ClN4O4. The van der Waals surface area contributed by atoms with Crippen LogP contribution in [0.1, 0.15) is 6.92 Å². The molecule has 1 aliphatic rings. The summed E-state index contributed by atoms with van der Waals surface area (Å²) in [7, 11) is 1.54. The molecule has 29 heavy (non-hydrogen) atoms. The highest BCUT2D eigenvalue weighted by Crippen LogP contribution is 2.28. The number of piperazine rings is 1. The Bertz CT molecular complexity index is 883. The molecule has 1 amide bonds. The average Bonchev–Trinajstić information content (AvgIpc) is 2.73. The number of hydrogen-bond acceptors (Lipinski definition) is 6. The van der Waals surface area contributed by atoms with Crippen molar-refractivity contribution in [3.8, 4) is 5.75 Å². The number of carbonyl (C=O) groups excluding carboxylic acids is 1. The highest BCUT2D eigenvalue weighted by atomic mass is 35.5. The minimum Gasteiger partial charge on any atom is -0.495 e. The normalized spacial score (nSPS) is 15.6. The highest BCUT2D eigenvalue weighted by molar-refractivity contribution is 6.31. The minimum atomic E-state index is -0.406. The monoisotopic (exact) mass is 418 g/mol. The Balaban J connectivity index is 1.58. The third kappa shape index (κ3) is 4.96. The second kappa shape index (κ2) is 9.11. The van der Waals surface area contributed by atoms with E-state index >= 15 is 0 Å². The Morgan fingerprint density at radius 3 is 2.41 bits per heavy atom. The van der Waals surface area contributed by atoms with E-state index in [1.807, 2.05) is 6.92 Å². The van der Waals surface area contributed by atoms with Gasteiger partial charge in [0, 0.05) is 49.0 Å². The summed E-state index contributed by atoms with van der Waals surface area (Å²) in [6.45, 7) is 4.75. The molecule has 0 aromatic heterocycles. The number of ether oxygens (including phenoxy) is 1. The Morgan fingerprint density at radius 1 is 1.17 bits per heavy atom. The van der Waals surface area contributed by atoms with Crippen LogP contribution in [0.2, 0.25) is 5.02 Å². The van der Waals surface area contributed by atoms with Crippen LogP contribution in [-0.4, -0.2) is 55.1 Å². The van der Waals surface area contributed by atoms with Gasteiger partial charge in [0.25, 0.3) is 5.69 Å². The highest BCUT2D eigenvalue weighted by Gasteiger charge is 2.26. The van der Waals surface area contributed by atoms with Crippen molar-refractivity contribution >= 4 is 34.6 Å². The van der Waals surface area contributed by atoms with Gasteiger partial charge in [0.2, 0.25) is 5.91 Å². The molecule has 1 heterocycles. The van der Waals surface area contributed by atoms with Crippen molar-refractivity contribution in [3.63, 3.8) is 0 Å². The summed E-state index contributed by atoms with van der Waals surface area (Å²) < 4.78 is 5.28. The fraction of sp³-hybridized carbons (Fsp3) is 0.350. The molecule has 3 rings (SSSR count). The number of nitrogens with one attached hydrogen (secondary N) is 1. The maximum atomic E-state index is 12.7. The second-order valence-corrected chi connectivity index (χ2v) is 7.24. The molecule has 154 valence electrons. The quantitative estimate of drug-likeness (QED) is 0.571. The van der Waals surface area contributed by atoms with Crippen LogP contribution in [0.3, 0.4) is 0 Å². The van der Waals surface area contributed by atoms with Crippen LogP contribution >= 0.6 is 11.6 Å². The standard InChI is InChI=1S/C20H23ClN4O4/c1-14(20(26)22-18-13-15(21)3-8-19(18)29-2)23-9-11-24(12-10-23)16-4-6-17(7-5-16)25(27)28/h3-8,13-14H,9-12H2,1-2H3,(H,22,26)/t14-/m0/s1. The molecule has 9 heteroatoms. The predicted octanol–water partition coefficient (Wildman–Crippen LogP) is 3.41. The summed E-state index contributed by atoms with van der Waals surface area (Å²) in [5, 5.41) is 14.2. The number of non-ortho nitro benzene ring substituents is 1. The summed E-state index contributed by atoms with van der Waals surface area (Å²) in [4.78, 5) is 27.4. The van der Waals surface area contributed by atoms with E-state index in [-0.39, 0.29) is 17.6 Å². The zero-order chi connectivity index (χ0) is 21.0. The Morgan fingerprint density at radius 2 is 1.83 bits per heavy atom. The van der Waals surface area contributed by atoms with Gasteiger partial charge in [-0.25, -0.2) is 0 Å². The largest absolute Gasteiger partial charge is 0.495 e. The van der Waals surface area contributed by atoms with Crippen molar-refractivity contribution < 1.29 is 14.5 Å². The lowest BCUT2D eigenvalue weighted by molar-refractivity contribution is -0.384. The van der Waals surface area contributed by atoms with Crippen LogP contribution in [0.25, 0.3) is 0 Å². The molecule has 1 N–H and O–H groups in total. The van der Waals surface area contributed by atoms with Gasteiger partial charge in [-0.3, -0.25) is 19.8 Å². The molecule has 0 saturated carbocycles. The van der Waals surface area contributed by atoms with E-state index < -0.39 is 4.92 Å². The van der Waals surface area contributed by atoms with Crippen LogP contribution in [0.4, 0.5) is 17.1 Å². The molecule has 0 unspecified atom stereocenters. The van der Waals surface area contributed by atoms with Gasteiger partial charge >= 0.3 is 0 Å². The fourth-order valence-electron chi connectivity index (χ4n) is 3.33.